The summed E-state index contributed by atoms with van der Waals surface area (Å²) in [4.78, 5) is 2.26. The molecule has 0 saturated carbocycles. The summed E-state index contributed by atoms with van der Waals surface area (Å²) >= 11 is 0. The Hall–Kier alpha value is -0.210. The SMILES string of the molecule is CNCC1CCCCN1S(=O)(=O)N1CC(C)N(C)C(C)C1. The number of hydrogen-bond donors (Lipinski definition) is 1. The molecular weight excluding hydrogens is 288 g/mol. The quantitative estimate of drug-likeness (QED) is 0.812. The fourth-order valence-corrected chi connectivity index (χ4v) is 5.43. The van der Waals surface area contributed by atoms with Crippen molar-refractivity contribution >= 4 is 10.2 Å². The minimum absolute atomic E-state index is 0.0963. The van der Waals surface area contributed by atoms with Gasteiger partial charge in [-0.05, 0) is 40.8 Å². The zero-order valence-corrected chi connectivity index (χ0v) is 14.6. The van der Waals surface area contributed by atoms with Gasteiger partial charge in [-0.15, -0.1) is 0 Å². The third kappa shape index (κ3) is 3.59. The van der Waals surface area contributed by atoms with Gasteiger partial charge in [-0.3, -0.25) is 4.90 Å². The second-order valence-electron chi connectivity index (χ2n) is 6.51. The molecule has 0 aliphatic carbocycles. The van der Waals surface area contributed by atoms with E-state index in [2.05, 4.69) is 31.1 Å². The van der Waals surface area contributed by atoms with E-state index in [4.69, 9.17) is 0 Å². The van der Waals surface area contributed by atoms with Crippen molar-refractivity contribution in [2.75, 3.05) is 40.3 Å². The maximum absolute atomic E-state index is 13.0. The molecule has 1 N–H and O–H groups in total. The molecule has 0 amide bonds. The first kappa shape index (κ1) is 17.1. The third-order valence-electron chi connectivity index (χ3n) is 4.96. The lowest BCUT2D eigenvalue weighted by Crippen LogP contribution is -2.61. The summed E-state index contributed by atoms with van der Waals surface area (Å²) in [6.45, 7) is 6.76. The normalized spacial score (nSPS) is 34.2. The van der Waals surface area contributed by atoms with Crippen molar-refractivity contribution in [1.29, 1.82) is 0 Å². The summed E-state index contributed by atoms with van der Waals surface area (Å²) in [5, 5.41) is 3.13. The van der Waals surface area contributed by atoms with Crippen LogP contribution in [0.4, 0.5) is 0 Å². The fourth-order valence-electron chi connectivity index (χ4n) is 3.41. The van der Waals surface area contributed by atoms with E-state index in [1.54, 1.807) is 8.61 Å². The van der Waals surface area contributed by atoms with Gasteiger partial charge < -0.3 is 5.32 Å². The van der Waals surface area contributed by atoms with Gasteiger partial charge in [0.2, 0.25) is 0 Å². The van der Waals surface area contributed by atoms with Crippen molar-refractivity contribution in [3.05, 3.63) is 0 Å². The molecule has 0 radical (unpaired) electrons. The van der Waals surface area contributed by atoms with Crippen LogP contribution in [0.5, 0.6) is 0 Å². The maximum Gasteiger partial charge on any atom is 0.282 e. The van der Waals surface area contributed by atoms with Crippen molar-refractivity contribution in [2.45, 2.75) is 51.2 Å². The van der Waals surface area contributed by atoms with Crippen LogP contribution in [0.15, 0.2) is 0 Å². The number of piperidine rings is 1. The largest absolute Gasteiger partial charge is 0.318 e. The Morgan fingerprint density at radius 3 is 2.33 bits per heavy atom. The molecule has 0 aromatic rings. The van der Waals surface area contributed by atoms with Gasteiger partial charge in [0.15, 0.2) is 0 Å². The standard InChI is InChI=1S/C14H30N4O2S/c1-12-10-17(11-13(2)16(12)4)21(19,20)18-8-6-5-7-14(18)9-15-3/h12-15H,5-11H2,1-4H3. The molecule has 0 bridgehead atoms. The zero-order valence-electron chi connectivity index (χ0n) is 13.7. The minimum Gasteiger partial charge on any atom is -0.318 e. The molecule has 6 nitrogen and oxygen atoms in total. The van der Waals surface area contributed by atoms with Gasteiger partial charge in [0, 0.05) is 44.3 Å². The van der Waals surface area contributed by atoms with Crippen LogP contribution in [0.2, 0.25) is 0 Å². The second-order valence-corrected chi connectivity index (χ2v) is 8.39. The Kier molecular flexibility index (Phi) is 5.65. The first-order valence-electron chi connectivity index (χ1n) is 8.01. The highest BCUT2D eigenvalue weighted by Gasteiger charge is 2.40. The zero-order chi connectivity index (χ0) is 15.6. The van der Waals surface area contributed by atoms with E-state index in [0.717, 1.165) is 25.8 Å². The van der Waals surface area contributed by atoms with Crippen LogP contribution in [0.1, 0.15) is 33.1 Å². The molecule has 2 saturated heterocycles. The first-order chi connectivity index (χ1) is 9.87. The molecule has 0 spiro atoms. The monoisotopic (exact) mass is 318 g/mol. The Balaban J connectivity index is 2.16. The molecule has 3 atom stereocenters. The van der Waals surface area contributed by atoms with Gasteiger partial charge in [-0.1, -0.05) is 6.42 Å². The van der Waals surface area contributed by atoms with Crippen LogP contribution < -0.4 is 5.32 Å². The molecule has 3 unspecified atom stereocenters. The molecule has 21 heavy (non-hydrogen) atoms. The van der Waals surface area contributed by atoms with Crippen molar-refractivity contribution < 1.29 is 8.42 Å². The number of piperazine rings is 1. The van der Waals surface area contributed by atoms with Gasteiger partial charge in [0.05, 0.1) is 0 Å². The van der Waals surface area contributed by atoms with E-state index in [1.807, 2.05) is 7.05 Å². The van der Waals surface area contributed by atoms with Crippen molar-refractivity contribution in [1.82, 2.24) is 18.8 Å². The van der Waals surface area contributed by atoms with E-state index in [1.165, 1.54) is 0 Å². The topological polar surface area (TPSA) is 55.9 Å². The van der Waals surface area contributed by atoms with E-state index in [0.29, 0.717) is 19.6 Å². The van der Waals surface area contributed by atoms with Gasteiger partial charge >= 0.3 is 0 Å². The summed E-state index contributed by atoms with van der Waals surface area (Å²) in [7, 11) is 0.616. The Labute approximate surface area is 129 Å². The Morgan fingerprint density at radius 1 is 1.14 bits per heavy atom. The lowest BCUT2D eigenvalue weighted by atomic mass is 10.1. The van der Waals surface area contributed by atoms with Crippen LogP contribution in [-0.4, -0.2) is 80.3 Å². The smallest absolute Gasteiger partial charge is 0.282 e. The summed E-state index contributed by atoms with van der Waals surface area (Å²) in [6, 6.07) is 0.617. The van der Waals surface area contributed by atoms with Gasteiger partial charge in [0.25, 0.3) is 10.2 Å². The van der Waals surface area contributed by atoms with Crippen molar-refractivity contribution in [3.63, 3.8) is 0 Å². The number of nitrogens with zero attached hydrogens (tertiary/aromatic N) is 3. The average molecular weight is 318 g/mol. The summed E-state index contributed by atoms with van der Waals surface area (Å²) in [6.07, 6.45) is 3.05. The fraction of sp³-hybridized carbons (Fsp3) is 1.00. The lowest BCUT2D eigenvalue weighted by Gasteiger charge is -2.45. The van der Waals surface area contributed by atoms with E-state index >= 15 is 0 Å². The number of rotatable bonds is 4. The van der Waals surface area contributed by atoms with Gasteiger partial charge in [-0.2, -0.15) is 17.0 Å². The van der Waals surface area contributed by atoms with Crippen LogP contribution >= 0.6 is 0 Å². The Bertz CT molecular complexity index is 428. The molecule has 2 rings (SSSR count). The predicted octanol–water partition coefficient (Wildman–Crippen LogP) is 0.330. The highest BCUT2D eigenvalue weighted by molar-refractivity contribution is 7.86. The molecule has 2 fully saturated rings. The highest BCUT2D eigenvalue weighted by atomic mass is 32.2. The molecule has 2 aliphatic heterocycles. The highest BCUT2D eigenvalue weighted by Crippen LogP contribution is 2.25. The average Bonchev–Trinajstić information content (AvgIpc) is 2.45. The number of likely N-dealkylation sites (N-methyl/N-ethyl adjacent to an activating group) is 2. The maximum atomic E-state index is 13.0. The minimum atomic E-state index is -3.35. The molecule has 0 aromatic carbocycles. The van der Waals surface area contributed by atoms with Crippen LogP contribution in [0, 0.1) is 0 Å². The lowest BCUT2D eigenvalue weighted by molar-refractivity contribution is 0.0974. The molecule has 2 aliphatic rings. The van der Waals surface area contributed by atoms with Gasteiger partial charge in [-0.25, -0.2) is 0 Å². The molecule has 2 heterocycles. The van der Waals surface area contributed by atoms with Crippen molar-refractivity contribution in [3.8, 4) is 0 Å². The van der Waals surface area contributed by atoms with Gasteiger partial charge in [0.1, 0.15) is 0 Å². The third-order valence-corrected chi connectivity index (χ3v) is 6.99. The van der Waals surface area contributed by atoms with E-state index in [-0.39, 0.29) is 18.1 Å². The molecule has 124 valence electrons. The Morgan fingerprint density at radius 2 is 1.76 bits per heavy atom. The van der Waals surface area contributed by atoms with E-state index < -0.39 is 10.2 Å². The summed E-state index contributed by atoms with van der Waals surface area (Å²) < 4.78 is 29.5. The van der Waals surface area contributed by atoms with E-state index in [9.17, 15) is 8.42 Å². The summed E-state index contributed by atoms with van der Waals surface area (Å²) in [5.74, 6) is 0. The van der Waals surface area contributed by atoms with Crippen molar-refractivity contribution in [2.24, 2.45) is 0 Å². The summed E-state index contributed by atoms with van der Waals surface area (Å²) in [5.41, 5.74) is 0. The molecule has 0 aromatic heterocycles. The van der Waals surface area contributed by atoms with Crippen LogP contribution in [0.25, 0.3) is 0 Å². The van der Waals surface area contributed by atoms with Crippen LogP contribution in [0.3, 0.4) is 0 Å². The van der Waals surface area contributed by atoms with Crippen LogP contribution in [-0.2, 0) is 10.2 Å². The predicted molar refractivity (Wildman–Crippen MR) is 85.5 cm³/mol. The second kappa shape index (κ2) is 6.91. The first-order valence-corrected chi connectivity index (χ1v) is 9.41. The number of hydrogen-bond acceptors (Lipinski definition) is 4. The molecular formula is C14H30N4O2S. The number of nitrogens with one attached hydrogen (secondary N) is 1. The molecule has 7 heteroatoms.